The molecule has 0 spiro atoms. The van der Waals surface area contributed by atoms with Crippen LogP contribution in [-0.2, 0) is 0 Å². The predicted octanol–water partition coefficient (Wildman–Crippen LogP) is 7.56. The quantitative estimate of drug-likeness (QED) is 0.473. The van der Waals surface area contributed by atoms with Crippen molar-refractivity contribution in [1.29, 1.82) is 0 Å². The Labute approximate surface area is 161 Å². The fraction of sp³-hybridized carbons (Fsp3) is 0.250. The molecule has 0 amide bonds. The summed E-state index contributed by atoms with van der Waals surface area (Å²) in [5.41, 5.74) is 5.94. The third-order valence-electron chi connectivity index (χ3n) is 4.70. The van der Waals surface area contributed by atoms with Gasteiger partial charge in [-0.2, -0.15) is 0 Å². The molecule has 0 saturated carbocycles. The summed E-state index contributed by atoms with van der Waals surface area (Å²) >= 11 is 0. The Morgan fingerprint density at radius 2 is 1.07 bits per heavy atom. The van der Waals surface area contributed by atoms with Gasteiger partial charge in [0.15, 0.2) is 0 Å². The van der Waals surface area contributed by atoms with Gasteiger partial charge in [0.05, 0.1) is 17.1 Å². The first-order valence-corrected chi connectivity index (χ1v) is 9.47. The van der Waals surface area contributed by atoms with Crippen LogP contribution in [0.1, 0.15) is 50.7 Å². The molecule has 0 aliphatic carbocycles. The van der Waals surface area contributed by atoms with Crippen LogP contribution in [-0.4, -0.2) is 0 Å². The van der Waals surface area contributed by atoms with E-state index in [1.165, 1.54) is 17.2 Å². The molecular formula is C24H27FN2. The van der Waals surface area contributed by atoms with Gasteiger partial charge in [0.2, 0.25) is 0 Å². The summed E-state index contributed by atoms with van der Waals surface area (Å²) in [6.07, 6.45) is 0. The highest BCUT2D eigenvalue weighted by molar-refractivity contribution is 5.80. The number of anilines is 4. The average Bonchev–Trinajstić information content (AvgIpc) is 2.65. The number of halogens is 1. The number of hydrogen-bond donors (Lipinski definition) is 2. The number of para-hydroxylation sites is 4. The maximum Gasteiger partial charge on any atom is 0.146 e. The van der Waals surface area contributed by atoms with Crippen molar-refractivity contribution in [2.45, 2.75) is 39.5 Å². The van der Waals surface area contributed by atoms with E-state index >= 15 is 0 Å². The van der Waals surface area contributed by atoms with Crippen LogP contribution in [0.5, 0.6) is 0 Å². The Hall–Kier alpha value is -2.81. The zero-order chi connectivity index (χ0) is 19.4. The van der Waals surface area contributed by atoms with Gasteiger partial charge in [-0.05, 0) is 47.2 Å². The highest BCUT2D eigenvalue weighted by Crippen LogP contribution is 2.37. The monoisotopic (exact) mass is 362 g/mol. The van der Waals surface area contributed by atoms with E-state index in [0.717, 1.165) is 17.1 Å². The zero-order valence-electron chi connectivity index (χ0n) is 16.4. The lowest BCUT2D eigenvalue weighted by molar-refractivity contribution is 0.632. The maximum atomic E-state index is 14.1. The fourth-order valence-electron chi connectivity index (χ4n) is 3.24. The van der Waals surface area contributed by atoms with E-state index in [1.807, 2.05) is 30.3 Å². The Balaban J connectivity index is 2.01. The molecule has 0 saturated heterocycles. The summed E-state index contributed by atoms with van der Waals surface area (Å²) < 4.78 is 14.1. The first-order chi connectivity index (χ1) is 13.0. The second-order valence-corrected chi connectivity index (χ2v) is 7.40. The summed E-state index contributed by atoms with van der Waals surface area (Å²) in [7, 11) is 0. The molecule has 0 unspecified atom stereocenters. The maximum absolute atomic E-state index is 14.1. The summed E-state index contributed by atoms with van der Waals surface area (Å²) in [4.78, 5) is 0. The van der Waals surface area contributed by atoms with Gasteiger partial charge in [-0.25, -0.2) is 4.39 Å². The number of nitrogens with one attached hydrogen (secondary N) is 2. The summed E-state index contributed by atoms with van der Waals surface area (Å²) in [6, 6.07) is 21.1. The lowest BCUT2D eigenvalue weighted by Crippen LogP contribution is -2.05. The molecule has 0 aromatic heterocycles. The molecule has 0 aliphatic rings. The van der Waals surface area contributed by atoms with Gasteiger partial charge in [-0.15, -0.1) is 0 Å². The third-order valence-corrected chi connectivity index (χ3v) is 4.70. The van der Waals surface area contributed by atoms with Gasteiger partial charge in [0.1, 0.15) is 5.82 Å². The second-order valence-electron chi connectivity index (χ2n) is 7.40. The standard InChI is InChI=1S/C24H27FN2/c1-16(2)18-10-9-11-19(17(3)4)24(18)27-23-15-8-7-14-22(23)26-21-13-6-5-12-20(21)25/h5-17,26-27H,1-4H3. The molecule has 0 radical (unpaired) electrons. The van der Waals surface area contributed by atoms with Crippen LogP contribution in [0.4, 0.5) is 27.1 Å². The van der Waals surface area contributed by atoms with E-state index < -0.39 is 0 Å². The number of rotatable bonds is 6. The lowest BCUT2D eigenvalue weighted by atomic mass is 9.92. The van der Waals surface area contributed by atoms with Crippen LogP contribution in [0, 0.1) is 5.82 Å². The van der Waals surface area contributed by atoms with E-state index in [4.69, 9.17) is 0 Å². The summed E-state index contributed by atoms with van der Waals surface area (Å²) in [6.45, 7) is 8.81. The molecule has 3 aromatic carbocycles. The van der Waals surface area contributed by atoms with Crippen LogP contribution in [0.25, 0.3) is 0 Å². The van der Waals surface area contributed by atoms with Crippen molar-refractivity contribution in [3.63, 3.8) is 0 Å². The summed E-state index contributed by atoms with van der Waals surface area (Å²) in [5.74, 6) is 0.536. The molecule has 3 heteroatoms. The third kappa shape index (κ3) is 4.30. The molecule has 3 rings (SSSR count). The van der Waals surface area contributed by atoms with Crippen LogP contribution >= 0.6 is 0 Å². The van der Waals surface area contributed by atoms with Crippen molar-refractivity contribution >= 4 is 22.7 Å². The Bertz CT molecular complexity index is 890. The highest BCUT2D eigenvalue weighted by Gasteiger charge is 2.15. The SMILES string of the molecule is CC(C)c1cccc(C(C)C)c1Nc1ccccc1Nc1ccccc1F. The number of benzene rings is 3. The van der Waals surface area contributed by atoms with Crippen LogP contribution in [0.2, 0.25) is 0 Å². The second kappa shape index (κ2) is 8.26. The predicted molar refractivity (Wildman–Crippen MR) is 114 cm³/mol. The molecule has 3 aromatic rings. The molecule has 0 heterocycles. The molecule has 0 fully saturated rings. The Morgan fingerprint density at radius 3 is 1.59 bits per heavy atom. The molecule has 27 heavy (non-hydrogen) atoms. The van der Waals surface area contributed by atoms with E-state index in [-0.39, 0.29) is 5.82 Å². The largest absolute Gasteiger partial charge is 0.353 e. The minimum atomic E-state index is -0.266. The topological polar surface area (TPSA) is 24.1 Å². The molecule has 2 N–H and O–H groups in total. The van der Waals surface area contributed by atoms with E-state index in [1.54, 1.807) is 12.1 Å². The van der Waals surface area contributed by atoms with Crippen LogP contribution in [0.15, 0.2) is 66.7 Å². The molecular weight excluding hydrogens is 335 g/mol. The molecule has 2 nitrogen and oxygen atoms in total. The minimum Gasteiger partial charge on any atom is -0.353 e. The van der Waals surface area contributed by atoms with Crippen molar-refractivity contribution in [3.05, 3.63) is 83.7 Å². The fourth-order valence-corrected chi connectivity index (χ4v) is 3.24. The van der Waals surface area contributed by atoms with Crippen molar-refractivity contribution in [2.24, 2.45) is 0 Å². The summed E-state index contributed by atoms with van der Waals surface area (Å²) in [5, 5.41) is 6.85. The van der Waals surface area contributed by atoms with Gasteiger partial charge in [-0.3, -0.25) is 0 Å². The van der Waals surface area contributed by atoms with Gasteiger partial charge < -0.3 is 10.6 Å². The minimum absolute atomic E-state index is 0.266. The van der Waals surface area contributed by atoms with E-state index in [9.17, 15) is 4.39 Å². The Morgan fingerprint density at radius 1 is 0.593 bits per heavy atom. The van der Waals surface area contributed by atoms with E-state index in [2.05, 4.69) is 56.5 Å². The van der Waals surface area contributed by atoms with E-state index in [0.29, 0.717) is 17.5 Å². The van der Waals surface area contributed by atoms with Gasteiger partial charge in [0.25, 0.3) is 0 Å². The van der Waals surface area contributed by atoms with Crippen molar-refractivity contribution in [2.75, 3.05) is 10.6 Å². The molecule has 0 bridgehead atoms. The smallest absolute Gasteiger partial charge is 0.146 e. The van der Waals surface area contributed by atoms with Crippen LogP contribution < -0.4 is 10.6 Å². The average molecular weight is 362 g/mol. The molecule has 0 atom stereocenters. The highest BCUT2D eigenvalue weighted by atomic mass is 19.1. The van der Waals surface area contributed by atoms with Crippen molar-refractivity contribution in [1.82, 2.24) is 0 Å². The normalized spacial score (nSPS) is 11.1. The lowest BCUT2D eigenvalue weighted by Gasteiger charge is -2.22. The molecule has 0 aliphatic heterocycles. The Kier molecular flexibility index (Phi) is 5.80. The zero-order valence-corrected chi connectivity index (χ0v) is 16.4. The van der Waals surface area contributed by atoms with Gasteiger partial charge in [-0.1, -0.05) is 70.2 Å². The molecule has 140 valence electrons. The van der Waals surface area contributed by atoms with Gasteiger partial charge in [0, 0.05) is 5.69 Å². The van der Waals surface area contributed by atoms with Gasteiger partial charge >= 0.3 is 0 Å². The first-order valence-electron chi connectivity index (χ1n) is 9.47. The van der Waals surface area contributed by atoms with Crippen molar-refractivity contribution in [3.8, 4) is 0 Å². The first kappa shape index (κ1) is 19.0. The van der Waals surface area contributed by atoms with Crippen molar-refractivity contribution < 1.29 is 4.39 Å². The van der Waals surface area contributed by atoms with Crippen LogP contribution in [0.3, 0.4) is 0 Å². The number of hydrogen-bond acceptors (Lipinski definition) is 2.